The second-order valence-electron chi connectivity index (χ2n) is 3.73. The van der Waals surface area contributed by atoms with E-state index in [1.165, 1.54) is 25.7 Å². The topological polar surface area (TPSA) is 63.3 Å². The van der Waals surface area contributed by atoms with Gasteiger partial charge in [0.05, 0.1) is 0 Å². The number of carbonyl (C=O) groups excluding carboxylic acids is 1. The zero-order valence-electron chi connectivity index (χ0n) is 10.6. The molecule has 1 amide bonds. The highest BCUT2D eigenvalue weighted by Gasteiger charge is 1.94. The van der Waals surface area contributed by atoms with Crippen LogP contribution in [0.4, 0.5) is 0 Å². The van der Waals surface area contributed by atoms with Gasteiger partial charge in [-0.05, 0) is 26.2 Å². The van der Waals surface area contributed by atoms with E-state index < -0.39 is 0 Å². The number of hydrogen-bond acceptors (Lipinski definition) is 2. The number of rotatable bonds is 9. The number of nitrogens with two attached hydrogens (primary N) is 1. The van der Waals surface area contributed by atoms with E-state index in [1.807, 2.05) is 6.08 Å². The van der Waals surface area contributed by atoms with E-state index in [4.69, 9.17) is 10.8 Å². The summed E-state index contributed by atoms with van der Waals surface area (Å²) in [5.41, 5.74) is 5.02. The number of carbonyl (C=O) groups is 1. The molecule has 16 heavy (non-hydrogen) atoms. The Hall–Kier alpha value is -0.830. The van der Waals surface area contributed by atoms with Crippen molar-refractivity contribution in [2.75, 3.05) is 6.61 Å². The molecule has 3 N–H and O–H groups in total. The highest BCUT2D eigenvalue weighted by molar-refractivity contribution is 5.73. The van der Waals surface area contributed by atoms with Gasteiger partial charge in [-0.1, -0.05) is 31.8 Å². The predicted molar refractivity (Wildman–Crippen MR) is 69.1 cm³/mol. The molecule has 0 radical (unpaired) electrons. The van der Waals surface area contributed by atoms with Gasteiger partial charge in [0.15, 0.2) is 0 Å². The van der Waals surface area contributed by atoms with Crippen molar-refractivity contribution in [1.29, 1.82) is 0 Å². The fourth-order valence-electron chi connectivity index (χ4n) is 1.30. The Balaban J connectivity index is 0. The number of unbranched alkanes of at least 4 members (excludes halogenated alkanes) is 6. The quantitative estimate of drug-likeness (QED) is 0.471. The Labute approximate surface area is 99.7 Å². The van der Waals surface area contributed by atoms with Crippen LogP contribution in [0.15, 0.2) is 12.7 Å². The normalized spacial score (nSPS) is 9.12. The Bertz CT molecular complexity index is 158. The molecule has 0 bridgehead atoms. The van der Waals surface area contributed by atoms with Gasteiger partial charge in [0.1, 0.15) is 0 Å². The molecule has 0 aliphatic carbocycles. The van der Waals surface area contributed by atoms with E-state index in [9.17, 15) is 4.79 Å². The molecule has 96 valence electrons. The minimum absolute atomic E-state index is 0.174. The Kier molecular flexibility index (Phi) is 18.2. The fourth-order valence-corrected chi connectivity index (χ4v) is 1.30. The molecular weight excluding hydrogens is 202 g/mol. The SMILES string of the molecule is C=CCCCCCCCCC(N)=O.CCO. The second-order valence-corrected chi connectivity index (χ2v) is 3.73. The summed E-state index contributed by atoms with van der Waals surface area (Å²) in [4.78, 5) is 10.4. The lowest BCUT2D eigenvalue weighted by Gasteiger charge is -1.99. The highest BCUT2D eigenvalue weighted by Crippen LogP contribution is 2.08. The third-order valence-electron chi connectivity index (χ3n) is 2.08. The summed E-state index contributed by atoms with van der Waals surface area (Å²) in [5, 5.41) is 7.57. The molecule has 0 atom stereocenters. The third kappa shape index (κ3) is 23.2. The summed E-state index contributed by atoms with van der Waals surface area (Å²) >= 11 is 0. The average molecular weight is 229 g/mol. The Morgan fingerprint density at radius 3 is 2.06 bits per heavy atom. The zero-order chi connectivity index (χ0) is 12.6. The molecule has 0 aliphatic rings. The smallest absolute Gasteiger partial charge is 0.217 e. The van der Waals surface area contributed by atoms with Crippen LogP contribution >= 0.6 is 0 Å². The first-order chi connectivity index (χ1) is 7.68. The summed E-state index contributed by atoms with van der Waals surface area (Å²) in [5.74, 6) is -0.174. The lowest BCUT2D eigenvalue weighted by molar-refractivity contribution is -0.118. The molecule has 0 fully saturated rings. The maximum absolute atomic E-state index is 10.4. The van der Waals surface area contributed by atoms with Crippen molar-refractivity contribution in [3.63, 3.8) is 0 Å². The standard InChI is InChI=1S/C11H21NO.C2H6O/c1-2-3-4-5-6-7-8-9-10-11(12)13;1-2-3/h2H,1,3-10H2,(H2,12,13);3H,2H2,1H3. The molecule has 0 spiro atoms. The zero-order valence-corrected chi connectivity index (χ0v) is 10.6. The lowest BCUT2D eigenvalue weighted by Crippen LogP contribution is -2.09. The van der Waals surface area contributed by atoms with Crippen molar-refractivity contribution in [3.05, 3.63) is 12.7 Å². The number of amides is 1. The van der Waals surface area contributed by atoms with Crippen LogP contribution in [0.5, 0.6) is 0 Å². The van der Waals surface area contributed by atoms with Crippen molar-refractivity contribution < 1.29 is 9.90 Å². The molecule has 0 aromatic carbocycles. The van der Waals surface area contributed by atoms with E-state index >= 15 is 0 Å². The number of hydrogen-bond donors (Lipinski definition) is 2. The highest BCUT2D eigenvalue weighted by atomic mass is 16.2. The van der Waals surface area contributed by atoms with Crippen molar-refractivity contribution in [2.45, 2.75) is 58.3 Å². The first-order valence-electron chi connectivity index (χ1n) is 6.19. The van der Waals surface area contributed by atoms with E-state index in [1.54, 1.807) is 6.92 Å². The van der Waals surface area contributed by atoms with E-state index in [0.717, 1.165) is 19.3 Å². The Morgan fingerprint density at radius 2 is 1.62 bits per heavy atom. The van der Waals surface area contributed by atoms with Crippen molar-refractivity contribution in [3.8, 4) is 0 Å². The summed E-state index contributed by atoms with van der Waals surface area (Å²) in [7, 11) is 0. The van der Waals surface area contributed by atoms with Crippen LogP contribution in [0.25, 0.3) is 0 Å². The average Bonchev–Trinajstić information content (AvgIpc) is 2.23. The van der Waals surface area contributed by atoms with Gasteiger partial charge >= 0.3 is 0 Å². The second kappa shape index (κ2) is 16.6. The molecule has 0 aliphatic heterocycles. The van der Waals surface area contributed by atoms with E-state index in [0.29, 0.717) is 6.42 Å². The monoisotopic (exact) mass is 229 g/mol. The van der Waals surface area contributed by atoms with Crippen molar-refractivity contribution >= 4 is 5.91 Å². The number of primary amides is 1. The predicted octanol–water partition coefficient (Wildman–Crippen LogP) is 2.78. The maximum Gasteiger partial charge on any atom is 0.217 e. The van der Waals surface area contributed by atoms with Gasteiger partial charge in [-0.2, -0.15) is 0 Å². The fraction of sp³-hybridized carbons (Fsp3) is 0.769. The minimum atomic E-state index is -0.174. The number of aliphatic hydroxyl groups is 1. The number of aliphatic hydroxyl groups excluding tert-OH is 1. The van der Waals surface area contributed by atoms with Gasteiger partial charge in [0, 0.05) is 13.0 Å². The van der Waals surface area contributed by atoms with Crippen LogP contribution in [0.1, 0.15) is 58.3 Å². The van der Waals surface area contributed by atoms with Crippen LogP contribution in [-0.4, -0.2) is 17.6 Å². The summed E-state index contributed by atoms with van der Waals surface area (Å²) in [6.45, 7) is 5.61. The molecular formula is C13H27NO2. The van der Waals surface area contributed by atoms with Crippen LogP contribution in [0.3, 0.4) is 0 Å². The van der Waals surface area contributed by atoms with Crippen LogP contribution in [0.2, 0.25) is 0 Å². The van der Waals surface area contributed by atoms with E-state index in [2.05, 4.69) is 6.58 Å². The Morgan fingerprint density at radius 1 is 1.19 bits per heavy atom. The molecule has 3 nitrogen and oxygen atoms in total. The first-order valence-corrected chi connectivity index (χ1v) is 6.19. The van der Waals surface area contributed by atoms with Gasteiger partial charge < -0.3 is 10.8 Å². The summed E-state index contributed by atoms with van der Waals surface area (Å²) < 4.78 is 0. The van der Waals surface area contributed by atoms with Crippen LogP contribution < -0.4 is 5.73 Å². The molecule has 0 aromatic rings. The molecule has 0 heterocycles. The van der Waals surface area contributed by atoms with Crippen LogP contribution in [0, 0.1) is 0 Å². The molecule has 0 saturated carbocycles. The molecule has 0 unspecified atom stereocenters. The largest absolute Gasteiger partial charge is 0.397 e. The van der Waals surface area contributed by atoms with E-state index in [-0.39, 0.29) is 12.5 Å². The van der Waals surface area contributed by atoms with Gasteiger partial charge in [-0.25, -0.2) is 0 Å². The molecule has 3 heteroatoms. The van der Waals surface area contributed by atoms with Gasteiger partial charge in [0.25, 0.3) is 0 Å². The summed E-state index contributed by atoms with van der Waals surface area (Å²) in [6, 6.07) is 0. The minimum Gasteiger partial charge on any atom is -0.397 e. The molecule has 0 aromatic heterocycles. The van der Waals surface area contributed by atoms with Crippen molar-refractivity contribution in [2.24, 2.45) is 5.73 Å². The maximum atomic E-state index is 10.4. The lowest BCUT2D eigenvalue weighted by atomic mass is 10.1. The number of allylic oxidation sites excluding steroid dienone is 1. The van der Waals surface area contributed by atoms with Gasteiger partial charge in [-0.3, -0.25) is 4.79 Å². The summed E-state index contributed by atoms with van der Waals surface area (Å²) in [6.07, 6.45) is 10.8. The molecule has 0 rings (SSSR count). The van der Waals surface area contributed by atoms with Gasteiger partial charge in [-0.15, -0.1) is 6.58 Å². The van der Waals surface area contributed by atoms with Crippen LogP contribution in [-0.2, 0) is 4.79 Å². The van der Waals surface area contributed by atoms with Crippen molar-refractivity contribution in [1.82, 2.24) is 0 Å². The first kappa shape index (κ1) is 17.6. The molecule has 0 saturated heterocycles. The third-order valence-corrected chi connectivity index (χ3v) is 2.08. The van der Waals surface area contributed by atoms with Gasteiger partial charge in [0.2, 0.25) is 5.91 Å².